The second-order valence-corrected chi connectivity index (χ2v) is 4.98. The summed E-state index contributed by atoms with van der Waals surface area (Å²) in [5.41, 5.74) is -0.180. The lowest BCUT2D eigenvalue weighted by molar-refractivity contribution is -0.132. The molecular weight excluding hydrogens is 218 g/mol. The summed E-state index contributed by atoms with van der Waals surface area (Å²) in [6, 6.07) is -0.175. The van der Waals surface area contributed by atoms with Gasteiger partial charge in [0.05, 0.1) is 12.6 Å². The third-order valence-corrected chi connectivity index (χ3v) is 3.95. The van der Waals surface area contributed by atoms with Gasteiger partial charge in [0.25, 0.3) is 0 Å². The maximum atomic E-state index is 12.3. The van der Waals surface area contributed by atoms with E-state index in [4.69, 9.17) is 4.74 Å². The molecule has 1 rings (SSSR count). The van der Waals surface area contributed by atoms with Crippen molar-refractivity contribution in [1.82, 2.24) is 5.32 Å². The van der Waals surface area contributed by atoms with E-state index in [1.807, 2.05) is 0 Å². The molecule has 1 amide bonds. The Kier molecular flexibility index (Phi) is 5.92. The summed E-state index contributed by atoms with van der Waals surface area (Å²) in [7, 11) is 1.63. The highest BCUT2D eigenvalue weighted by atomic mass is 16.5. The van der Waals surface area contributed by atoms with Crippen LogP contribution in [0.1, 0.15) is 45.4 Å². The summed E-state index contributed by atoms with van der Waals surface area (Å²) in [4.78, 5) is 12.3. The maximum Gasteiger partial charge on any atom is 0.226 e. The van der Waals surface area contributed by atoms with Gasteiger partial charge in [0.15, 0.2) is 0 Å². The van der Waals surface area contributed by atoms with Gasteiger partial charge in [0.2, 0.25) is 5.91 Å². The van der Waals surface area contributed by atoms with Crippen LogP contribution in [-0.4, -0.2) is 37.4 Å². The van der Waals surface area contributed by atoms with E-state index in [1.165, 1.54) is 0 Å². The van der Waals surface area contributed by atoms with Crippen LogP contribution in [-0.2, 0) is 9.53 Å². The monoisotopic (exact) mass is 243 g/mol. The molecule has 0 saturated heterocycles. The SMILES string of the molecule is CCC1(C(=O)NC(CO)CCOC)CCCC1. The van der Waals surface area contributed by atoms with Gasteiger partial charge in [-0.25, -0.2) is 0 Å². The van der Waals surface area contributed by atoms with Crippen LogP contribution >= 0.6 is 0 Å². The number of aliphatic hydroxyl groups excluding tert-OH is 1. The molecule has 1 saturated carbocycles. The van der Waals surface area contributed by atoms with Crippen molar-refractivity contribution in [1.29, 1.82) is 0 Å². The normalized spacial score (nSPS) is 20.2. The van der Waals surface area contributed by atoms with Crippen molar-refractivity contribution in [3.63, 3.8) is 0 Å². The molecule has 4 heteroatoms. The van der Waals surface area contributed by atoms with Gasteiger partial charge in [-0.2, -0.15) is 0 Å². The van der Waals surface area contributed by atoms with Crippen molar-refractivity contribution in [3.05, 3.63) is 0 Å². The van der Waals surface area contributed by atoms with Gasteiger partial charge in [0, 0.05) is 19.1 Å². The Bertz CT molecular complexity index is 237. The second-order valence-electron chi connectivity index (χ2n) is 4.98. The van der Waals surface area contributed by atoms with Crippen LogP contribution in [0.2, 0.25) is 0 Å². The smallest absolute Gasteiger partial charge is 0.226 e. The van der Waals surface area contributed by atoms with Crippen molar-refractivity contribution >= 4 is 5.91 Å². The maximum absolute atomic E-state index is 12.3. The summed E-state index contributed by atoms with van der Waals surface area (Å²) >= 11 is 0. The molecule has 1 aliphatic rings. The first-order chi connectivity index (χ1) is 8.18. The number of aliphatic hydroxyl groups is 1. The molecule has 0 aliphatic heterocycles. The fourth-order valence-electron chi connectivity index (χ4n) is 2.60. The number of rotatable bonds is 7. The van der Waals surface area contributed by atoms with E-state index < -0.39 is 0 Å². The number of amides is 1. The Balaban J connectivity index is 2.50. The highest BCUT2D eigenvalue weighted by Crippen LogP contribution is 2.41. The van der Waals surface area contributed by atoms with Crippen LogP contribution in [0.4, 0.5) is 0 Å². The van der Waals surface area contributed by atoms with Gasteiger partial charge < -0.3 is 15.2 Å². The number of ether oxygens (including phenoxy) is 1. The molecule has 1 fully saturated rings. The molecule has 0 radical (unpaired) electrons. The number of methoxy groups -OCH3 is 1. The molecule has 1 atom stereocenters. The largest absolute Gasteiger partial charge is 0.394 e. The van der Waals surface area contributed by atoms with Gasteiger partial charge in [-0.1, -0.05) is 19.8 Å². The Morgan fingerprint density at radius 2 is 2.12 bits per heavy atom. The molecule has 100 valence electrons. The summed E-state index contributed by atoms with van der Waals surface area (Å²) in [6.07, 6.45) is 5.81. The van der Waals surface area contributed by atoms with Crippen LogP contribution in [0.25, 0.3) is 0 Å². The Labute approximate surface area is 104 Å². The van der Waals surface area contributed by atoms with Gasteiger partial charge in [-0.05, 0) is 25.7 Å². The van der Waals surface area contributed by atoms with Gasteiger partial charge in [-0.15, -0.1) is 0 Å². The average Bonchev–Trinajstić information content (AvgIpc) is 2.84. The van der Waals surface area contributed by atoms with Crippen molar-refractivity contribution in [2.45, 2.75) is 51.5 Å². The number of carbonyl (C=O) groups excluding carboxylic acids is 1. The second kappa shape index (κ2) is 6.97. The van der Waals surface area contributed by atoms with Crippen molar-refractivity contribution in [2.75, 3.05) is 20.3 Å². The summed E-state index contributed by atoms with van der Waals surface area (Å²) < 4.78 is 4.97. The topological polar surface area (TPSA) is 58.6 Å². The van der Waals surface area contributed by atoms with E-state index in [0.29, 0.717) is 13.0 Å². The minimum atomic E-state index is -0.180. The standard InChI is InChI=1S/C13H25NO3/c1-3-13(7-4-5-8-13)12(16)14-11(10-15)6-9-17-2/h11,15H,3-10H2,1-2H3,(H,14,16). The van der Waals surface area contributed by atoms with Crippen LogP contribution in [0.3, 0.4) is 0 Å². The zero-order valence-electron chi connectivity index (χ0n) is 11.0. The zero-order valence-corrected chi connectivity index (χ0v) is 11.0. The summed E-state index contributed by atoms with van der Waals surface area (Å²) in [6.45, 7) is 2.62. The number of hydrogen-bond acceptors (Lipinski definition) is 3. The molecule has 17 heavy (non-hydrogen) atoms. The predicted molar refractivity (Wildman–Crippen MR) is 66.7 cm³/mol. The minimum Gasteiger partial charge on any atom is -0.394 e. The number of hydrogen-bond donors (Lipinski definition) is 2. The Morgan fingerprint density at radius 1 is 1.47 bits per heavy atom. The fraction of sp³-hybridized carbons (Fsp3) is 0.923. The van der Waals surface area contributed by atoms with Gasteiger partial charge >= 0.3 is 0 Å². The minimum absolute atomic E-state index is 0.0190. The Morgan fingerprint density at radius 3 is 2.59 bits per heavy atom. The fourth-order valence-corrected chi connectivity index (χ4v) is 2.60. The average molecular weight is 243 g/mol. The van der Waals surface area contributed by atoms with Crippen LogP contribution in [0.5, 0.6) is 0 Å². The third-order valence-electron chi connectivity index (χ3n) is 3.95. The first-order valence-corrected chi connectivity index (χ1v) is 6.59. The van der Waals surface area contributed by atoms with E-state index in [0.717, 1.165) is 32.1 Å². The molecular formula is C13H25NO3. The summed E-state index contributed by atoms with van der Waals surface area (Å²) in [5.74, 6) is 0.118. The molecule has 0 aromatic rings. The van der Waals surface area contributed by atoms with Crippen molar-refractivity contribution in [2.24, 2.45) is 5.41 Å². The molecule has 0 aromatic heterocycles. The van der Waals surface area contributed by atoms with Gasteiger partial charge in [0.1, 0.15) is 0 Å². The van der Waals surface area contributed by atoms with Crippen LogP contribution in [0.15, 0.2) is 0 Å². The quantitative estimate of drug-likeness (QED) is 0.712. The van der Waals surface area contributed by atoms with Crippen molar-refractivity contribution < 1.29 is 14.6 Å². The van der Waals surface area contributed by atoms with E-state index in [-0.39, 0.29) is 24.0 Å². The molecule has 0 bridgehead atoms. The van der Waals surface area contributed by atoms with Crippen LogP contribution < -0.4 is 5.32 Å². The number of nitrogens with one attached hydrogen (secondary N) is 1. The van der Waals surface area contributed by atoms with Crippen LogP contribution in [0, 0.1) is 5.41 Å². The van der Waals surface area contributed by atoms with E-state index in [1.54, 1.807) is 7.11 Å². The highest BCUT2D eigenvalue weighted by Gasteiger charge is 2.39. The number of carbonyl (C=O) groups is 1. The first kappa shape index (κ1) is 14.5. The lowest BCUT2D eigenvalue weighted by atomic mass is 9.82. The summed E-state index contributed by atoms with van der Waals surface area (Å²) in [5, 5.41) is 12.2. The van der Waals surface area contributed by atoms with Crippen molar-refractivity contribution in [3.8, 4) is 0 Å². The molecule has 1 unspecified atom stereocenters. The molecule has 4 nitrogen and oxygen atoms in total. The highest BCUT2D eigenvalue weighted by molar-refractivity contribution is 5.83. The van der Waals surface area contributed by atoms with Gasteiger partial charge in [-0.3, -0.25) is 4.79 Å². The zero-order chi connectivity index (χ0) is 12.7. The first-order valence-electron chi connectivity index (χ1n) is 6.59. The lowest BCUT2D eigenvalue weighted by Gasteiger charge is -2.28. The molecule has 1 aliphatic carbocycles. The Hall–Kier alpha value is -0.610. The van der Waals surface area contributed by atoms with E-state index in [2.05, 4.69) is 12.2 Å². The molecule has 0 aromatic carbocycles. The molecule has 0 heterocycles. The predicted octanol–water partition coefficient (Wildman–Crippen LogP) is 1.47. The van der Waals surface area contributed by atoms with E-state index in [9.17, 15) is 9.90 Å². The lowest BCUT2D eigenvalue weighted by Crippen LogP contribution is -2.46. The molecule has 0 spiro atoms. The molecule has 2 N–H and O–H groups in total. The van der Waals surface area contributed by atoms with E-state index >= 15 is 0 Å². The third kappa shape index (κ3) is 3.68.